The van der Waals surface area contributed by atoms with Crippen LogP contribution in [0.2, 0.25) is 0 Å². The summed E-state index contributed by atoms with van der Waals surface area (Å²) in [7, 11) is -3.27. The lowest BCUT2D eigenvalue weighted by atomic mass is 10.2. The first-order valence-corrected chi connectivity index (χ1v) is 12.3. The maximum atomic E-state index is 12.3. The van der Waals surface area contributed by atoms with Gasteiger partial charge in [-0.3, -0.25) is 4.79 Å². The minimum absolute atomic E-state index is 0.176. The van der Waals surface area contributed by atoms with Crippen molar-refractivity contribution in [3.63, 3.8) is 0 Å². The van der Waals surface area contributed by atoms with Crippen LogP contribution in [0.15, 0.2) is 45.8 Å². The molecule has 0 fully saturated rings. The third-order valence-electron chi connectivity index (χ3n) is 4.01. The van der Waals surface area contributed by atoms with E-state index in [9.17, 15) is 13.2 Å². The molecular formula is C18H20N4O3S3. The molecular weight excluding hydrogens is 416 g/mol. The lowest BCUT2D eigenvalue weighted by Gasteiger charge is -2.10. The van der Waals surface area contributed by atoms with Gasteiger partial charge < -0.3 is 9.88 Å². The minimum atomic E-state index is -3.27. The number of benzene rings is 1. The first-order valence-electron chi connectivity index (χ1n) is 8.50. The molecule has 0 unspecified atom stereocenters. The van der Waals surface area contributed by atoms with Crippen molar-refractivity contribution < 1.29 is 13.2 Å². The Morgan fingerprint density at radius 3 is 2.68 bits per heavy atom. The smallest absolute Gasteiger partial charge is 0.234 e. The van der Waals surface area contributed by atoms with Gasteiger partial charge in [-0.15, -0.1) is 21.5 Å². The van der Waals surface area contributed by atoms with Crippen LogP contribution >= 0.6 is 23.1 Å². The third-order valence-corrected chi connectivity index (χ3v) is 6.95. The van der Waals surface area contributed by atoms with E-state index in [4.69, 9.17) is 0 Å². The number of hydrogen-bond donors (Lipinski definition) is 1. The van der Waals surface area contributed by atoms with Gasteiger partial charge in [0.1, 0.15) is 0 Å². The molecule has 1 N–H and O–H groups in total. The molecule has 2 heterocycles. The molecule has 2 aromatic heterocycles. The lowest BCUT2D eigenvalue weighted by molar-refractivity contribution is -0.113. The van der Waals surface area contributed by atoms with Crippen molar-refractivity contribution >= 4 is 44.5 Å². The fourth-order valence-electron chi connectivity index (χ4n) is 2.59. The Balaban J connectivity index is 1.67. The SMILES string of the molecule is CCn1c(SCC(=O)Nc2ccc(S(C)(=O)=O)cc2C)nnc1-c1cccs1. The fourth-order valence-corrected chi connectivity index (χ4v) is 4.82. The number of amides is 1. The second kappa shape index (κ2) is 8.46. The largest absolute Gasteiger partial charge is 0.325 e. The summed E-state index contributed by atoms with van der Waals surface area (Å²) in [6.45, 7) is 4.48. The molecule has 3 aromatic rings. The van der Waals surface area contributed by atoms with Crippen LogP contribution in [0.25, 0.3) is 10.7 Å². The highest BCUT2D eigenvalue weighted by Crippen LogP contribution is 2.27. The van der Waals surface area contributed by atoms with Gasteiger partial charge in [0.2, 0.25) is 5.91 Å². The Hall–Kier alpha value is -2.17. The van der Waals surface area contributed by atoms with Gasteiger partial charge in [-0.1, -0.05) is 17.8 Å². The predicted octanol–water partition coefficient (Wildman–Crippen LogP) is 3.47. The summed E-state index contributed by atoms with van der Waals surface area (Å²) in [4.78, 5) is 13.6. The van der Waals surface area contributed by atoms with Crippen molar-refractivity contribution in [2.24, 2.45) is 0 Å². The number of thiophene rings is 1. The second-order valence-corrected chi connectivity index (χ2v) is 10.0. The number of aromatic nitrogens is 3. The maximum Gasteiger partial charge on any atom is 0.234 e. The lowest BCUT2D eigenvalue weighted by Crippen LogP contribution is -2.15. The van der Waals surface area contributed by atoms with Crippen LogP contribution in [0.3, 0.4) is 0 Å². The summed E-state index contributed by atoms with van der Waals surface area (Å²) in [5.41, 5.74) is 1.28. The van der Waals surface area contributed by atoms with Gasteiger partial charge in [0.05, 0.1) is 15.5 Å². The quantitative estimate of drug-likeness (QED) is 0.570. The van der Waals surface area contributed by atoms with Crippen molar-refractivity contribution in [2.45, 2.75) is 30.4 Å². The molecule has 0 aliphatic rings. The van der Waals surface area contributed by atoms with Gasteiger partial charge in [0, 0.05) is 18.5 Å². The van der Waals surface area contributed by atoms with Gasteiger partial charge >= 0.3 is 0 Å². The molecule has 10 heteroatoms. The normalized spacial score (nSPS) is 11.5. The van der Waals surface area contributed by atoms with E-state index in [-0.39, 0.29) is 16.6 Å². The molecule has 28 heavy (non-hydrogen) atoms. The average molecular weight is 437 g/mol. The first kappa shape index (κ1) is 20.6. The Labute approximate surface area is 172 Å². The second-order valence-electron chi connectivity index (χ2n) is 6.11. The topological polar surface area (TPSA) is 94.0 Å². The van der Waals surface area contributed by atoms with Gasteiger partial charge in [-0.2, -0.15) is 0 Å². The van der Waals surface area contributed by atoms with Crippen molar-refractivity contribution in [3.05, 3.63) is 41.3 Å². The Kier molecular flexibility index (Phi) is 6.21. The molecule has 0 aliphatic carbocycles. The van der Waals surface area contributed by atoms with E-state index < -0.39 is 9.84 Å². The van der Waals surface area contributed by atoms with Crippen LogP contribution in [-0.4, -0.2) is 41.1 Å². The number of carbonyl (C=O) groups excluding carboxylic acids is 1. The van der Waals surface area contributed by atoms with Crippen molar-refractivity contribution in [3.8, 4) is 10.7 Å². The number of anilines is 1. The van der Waals surface area contributed by atoms with Crippen molar-refractivity contribution in [2.75, 3.05) is 17.3 Å². The van der Waals surface area contributed by atoms with Crippen molar-refractivity contribution in [1.29, 1.82) is 0 Å². The minimum Gasteiger partial charge on any atom is -0.325 e. The predicted molar refractivity (Wildman–Crippen MR) is 113 cm³/mol. The summed E-state index contributed by atoms with van der Waals surface area (Å²) < 4.78 is 25.2. The highest BCUT2D eigenvalue weighted by atomic mass is 32.2. The van der Waals surface area contributed by atoms with Gasteiger partial charge in [0.15, 0.2) is 20.8 Å². The highest BCUT2D eigenvalue weighted by Gasteiger charge is 2.16. The monoisotopic (exact) mass is 436 g/mol. The third kappa shape index (κ3) is 4.62. The van der Waals surface area contributed by atoms with E-state index in [0.29, 0.717) is 23.0 Å². The van der Waals surface area contributed by atoms with E-state index in [0.717, 1.165) is 17.0 Å². The molecule has 1 amide bonds. The average Bonchev–Trinajstić information content (AvgIpc) is 3.29. The van der Waals surface area contributed by atoms with Crippen LogP contribution in [-0.2, 0) is 21.2 Å². The summed E-state index contributed by atoms with van der Waals surface area (Å²) in [5, 5.41) is 14.0. The van der Waals surface area contributed by atoms with Crippen LogP contribution in [0, 0.1) is 6.92 Å². The first-order chi connectivity index (χ1) is 13.3. The molecule has 148 valence electrons. The van der Waals surface area contributed by atoms with E-state index in [2.05, 4.69) is 15.5 Å². The fraction of sp³-hybridized carbons (Fsp3) is 0.278. The van der Waals surface area contributed by atoms with Crippen LogP contribution in [0.1, 0.15) is 12.5 Å². The van der Waals surface area contributed by atoms with E-state index in [1.165, 1.54) is 17.8 Å². The number of sulfone groups is 1. The molecule has 0 aliphatic heterocycles. The standard InChI is InChI=1S/C18H20N4O3S3/c1-4-22-17(15-6-5-9-26-15)20-21-18(22)27-11-16(23)19-14-8-7-13(10-12(14)2)28(3,24)25/h5-10H,4,11H2,1-3H3,(H,19,23). The Morgan fingerprint density at radius 1 is 1.29 bits per heavy atom. The summed E-state index contributed by atoms with van der Waals surface area (Å²) in [6, 6.07) is 8.61. The van der Waals surface area contributed by atoms with E-state index in [1.54, 1.807) is 30.4 Å². The number of carbonyl (C=O) groups is 1. The number of rotatable bonds is 7. The van der Waals surface area contributed by atoms with Crippen LogP contribution < -0.4 is 5.32 Å². The van der Waals surface area contributed by atoms with Crippen LogP contribution in [0.4, 0.5) is 5.69 Å². The zero-order valence-electron chi connectivity index (χ0n) is 15.7. The molecule has 0 radical (unpaired) electrons. The molecule has 0 bridgehead atoms. The zero-order valence-corrected chi connectivity index (χ0v) is 18.1. The summed E-state index contributed by atoms with van der Waals surface area (Å²) in [6.07, 6.45) is 1.16. The van der Waals surface area contributed by atoms with Crippen molar-refractivity contribution in [1.82, 2.24) is 14.8 Å². The van der Waals surface area contributed by atoms with Crippen LogP contribution in [0.5, 0.6) is 0 Å². The van der Waals surface area contributed by atoms with E-state index >= 15 is 0 Å². The van der Waals surface area contributed by atoms with Gasteiger partial charge in [-0.25, -0.2) is 8.42 Å². The van der Waals surface area contributed by atoms with E-state index in [1.807, 2.05) is 29.0 Å². The Morgan fingerprint density at radius 2 is 2.07 bits per heavy atom. The molecule has 7 nitrogen and oxygen atoms in total. The number of thioether (sulfide) groups is 1. The highest BCUT2D eigenvalue weighted by molar-refractivity contribution is 7.99. The molecule has 0 saturated carbocycles. The molecule has 0 atom stereocenters. The summed E-state index contributed by atoms with van der Waals surface area (Å²) in [5.74, 6) is 0.784. The molecule has 3 rings (SSSR count). The Bertz CT molecular complexity index is 1090. The van der Waals surface area contributed by atoms with Gasteiger partial charge in [-0.05, 0) is 49.1 Å². The molecule has 1 aromatic carbocycles. The molecule has 0 spiro atoms. The number of aryl methyl sites for hydroxylation is 1. The number of nitrogens with one attached hydrogen (secondary N) is 1. The zero-order chi connectivity index (χ0) is 20.3. The molecule has 0 saturated heterocycles. The number of nitrogens with zero attached hydrogens (tertiary/aromatic N) is 3. The maximum absolute atomic E-state index is 12.3. The van der Waals surface area contributed by atoms with Gasteiger partial charge in [0.25, 0.3) is 0 Å². The summed E-state index contributed by atoms with van der Waals surface area (Å²) >= 11 is 2.91. The number of hydrogen-bond acceptors (Lipinski definition) is 7.